The van der Waals surface area contributed by atoms with Gasteiger partial charge in [0.15, 0.2) is 0 Å². The number of carbonyl (C=O) groups is 1. The van der Waals surface area contributed by atoms with Crippen LogP contribution in [0.5, 0.6) is 0 Å². The quantitative estimate of drug-likeness (QED) is 0.669. The molecule has 1 amide bonds. The fraction of sp³-hybridized carbons (Fsp3) is 0.350. The standard InChI is InChI=1S/C20H21ClF3N3O4S/c1-26(32(29,30)16-5-3-15(21)4-6-16)13-19(28)25-17-12-14(20(22,23)24)2-7-18(17)27-8-10-31-11-9-27/h2-7,12H,8-11,13H2,1H3,(H,25,28). The number of rotatable bonds is 6. The van der Waals surface area contributed by atoms with Crippen molar-refractivity contribution in [1.29, 1.82) is 0 Å². The number of benzene rings is 2. The number of hydrogen-bond acceptors (Lipinski definition) is 5. The molecule has 0 spiro atoms. The minimum absolute atomic E-state index is 0.0518. The number of anilines is 2. The van der Waals surface area contributed by atoms with E-state index in [2.05, 4.69) is 5.32 Å². The lowest BCUT2D eigenvalue weighted by Gasteiger charge is -2.31. The van der Waals surface area contributed by atoms with Crippen LogP contribution in [0.1, 0.15) is 5.56 Å². The predicted octanol–water partition coefficient (Wildman–Crippen LogP) is 3.45. The van der Waals surface area contributed by atoms with Crippen LogP contribution in [-0.2, 0) is 25.7 Å². The van der Waals surface area contributed by atoms with E-state index in [1.807, 2.05) is 0 Å². The summed E-state index contributed by atoms with van der Waals surface area (Å²) in [5, 5.41) is 2.79. The summed E-state index contributed by atoms with van der Waals surface area (Å²) in [4.78, 5) is 14.3. The molecule has 174 valence electrons. The molecule has 2 aromatic carbocycles. The van der Waals surface area contributed by atoms with Crippen molar-refractivity contribution in [3.8, 4) is 0 Å². The van der Waals surface area contributed by atoms with Gasteiger partial charge in [0.1, 0.15) is 0 Å². The number of hydrogen-bond donors (Lipinski definition) is 1. The summed E-state index contributed by atoms with van der Waals surface area (Å²) in [5.74, 6) is -0.779. The normalized spacial score (nSPS) is 15.1. The summed E-state index contributed by atoms with van der Waals surface area (Å²) in [7, 11) is -2.79. The molecule has 0 unspecified atom stereocenters. The number of ether oxygens (including phenoxy) is 1. The van der Waals surface area contributed by atoms with E-state index in [0.29, 0.717) is 37.0 Å². The number of morpholine rings is 1. The number of carbonyl (C=O) groups excluding carboxylic acids is 1. The lowest BCUT2D eigenvalue weighted by atomic mass is 10.1. The molecular formula is C20H21ClF3N3O4S. The fourth-order valence-electron chi connectivity index (χ4n) is 3.16. The van der Waals surface area contributed by atoms with Crippen LogP contribution in [0.15, 0.2) is 47.4 Å². The van der Waals surface area contributed by atoms with Gasteiger partial charge in [0.2, 0.25) is 15.9 Å². The first-order valence-corrected chi connectivity index (χ1v) is 11.4. The Bertz CT molecular complexity index is 1070. The van der Waals surface area contributed by atoms with Gasteiger partial charge in [-0.3, -0.25) is 4.79 Å². The van der Waals surface area contributed by atoms with E-state index in [0.717, 1.165) is 16.4 Å². The van der Waals surface area contributed by atoms with Crippen molar-refractivity contribution >= 4 is 38.9 Å². The third-order valence-electron chi connectivity index (χ3n) is 4.84. The first-order valence-electron chi connectivity index (χ1n) is 9.54. The second-order valence-electron chi connectivity index (χ2n) is 7.09. The monoisotopic (exact) mass is 491 g/mol. The molecule has 2 aromatic rings. The van der Waals surface area contributed by atoms with E-state index in [9.17, 15) is 26.4 Å². The average molecular weight is 492 g/mol. The SMILES string of the molecule is CN(CC(=O)Nc1cc(C(F)(F)F)ccc1N1CCOCC1)S(=O)(=O)c1ccc(Cl)cc1. The Hall–Kier alpha value is -2.34. The zero-order valence-electron chi connectivity index (χ0n) is 17.0. The van der Waals surface area contributed by atoms with Crippen LogP contribution in [0.3, 0.4) is 0 Å². The lowest BCUT2D eigenvalue weighted by Crippen LogP contribution is -2.38. The molecule has 0 radical (unpaired) electrons. The van der Waals surface area contributed by atoms with Gasteiger partial charge in [0.05, 0.1) is 41.6 Å². The van der Waals surface area contributed by atoms with Crippen LogP contribution >= 0.6 is 11.6 Å². The highest BCUT2D eigenvalue weighted by atomic mass is 35.5. The first-order chi connectivity index (χ1) is 15.0. The summed E-state index contributed by atoms with van der Waals surface area (Å²) in [6.07, 6.45) is -4.60. The Morgan fingerprint density at radius 1 is 1.16 bits per heavy atom. The van der Waals surface area contributed by atoms with E-state index in [1.165, 1.54) is 37.4 Å². The zero-order valence-corrected chi connectivity index (χ0v) is 18.6. The predicted molar refractivity (Wildman–Crippen MR) is 114 cm³/mol. The van der Waals surface area contributed by atoms with Crippen molar-refractivity contribution in [1.82, 2.24) is 4.31 Å². The summed E-state index contributed by atoms with van der Waals surface area (Å²) < 4.78 is 71.1. The van der Waals surface area contributed by atoms with Gasteiger partial charge in [-0.05, 0) is 42.5 Å². The average Bonchev–Trinajstić information content (AvgIpc) is 2.74. The van der Waals surface area contributed by atoms with Crippen molar-refractivity contribution < 1.29 is 31.1 Å². The molecule has 0 saturated carbocycles. The minimum atomic E-state index is -4.60. The molecule has 12 heteroatoms. The van der Waals surface area contributed by atoms with Crippen molar-refractivity contribution in [2.45, 2.75) is 11.1 Å². The smallest absolute Gasteiger partial charge is 0.378 e. The molecular weight excluding hydrogens is 471 g/mol. The molecule has 1 N–H and O–H groups in total. The van der Waals surface area contributed by atoms with Crippen LogP contribution in [0.4, 0.5) is 24.5 Å². The number of halogens is 4. The molecule has 0 aliphatic carbocycles. The highest BCUT2D eigenvalue weighted by molar-refractivity contribution is 7.89. The van der Waals surface area contributed by atoms with Crippen LogP contribution in [0.25, 0.3) is 0 Å². The van der Waals surface area contributed by atoms with Crippen molar-refractivity contribution in [3.63, 3.8) is 0 Å². The highest BCUT2D eigenvalue weighted by Gasteiger charge is 2.32. The Labute approximate surface area is 188 Å². The topological polar surface area (TPSA) is 79.0 Å². The molecule has 1 fully saturated rings. The van der Waals surface area contributed by atoms with Crippen molar-refractivity contribution in [2.75, 3.05) is 50.1 Å². The van der Waals surface area contributed by atoms with Crippen LogP contribution < -0.4 is 10.2 Å². The summed E-state index contributed by atoms with van der Waals surface area (Å²) in [5.41, 5.74) is -0.575. The van der Waals surface area contributed by atoms with Gasteiger partial charge in [-0.25, -0.2) is 8.42 Å². The molecule has 1 aliphatic heterocycles. The molecule has 0 aromatic heterocycles. The Morgan fingerprint density at radius 3 is 2.38 bits per heavy atom. The van der Waals surface area contributed by atoms with Crippen molar-refractivity contribution in [2.24, 2.45) is 0 Å². The van der Waals surface area contributed by atoms with E-state index in [-0.39, 0.29) is 10.6 Å². The second kappa shape index (κ2) is 9.65. The fourth-order valence-corrected chi connectivity index (χ4v) is 4.41. The minimum Gasteiger partial charge on any atom is -0.378 e. The third kappa shape index (κ3) is 5.71. The maximum atomic E-state index is 13.2. The summed E-state index contributed by atoms with van der Waals surface area (Å²) in [6, 6.07) is 8.48. The van der Waals surface area contributed by atoms with Gasteiger partial charge in [-0.15, -0.1) is 0 Å². The van der Waals surface area contributed by atoms with Gasteiger partial charge in [0.25, 0.3) is 0 Å². The maximum Gasteiger partial charge on any atom is 0.416 e. The molecule has 32 heavy (non-hydrogen) atoms. The second-order valence-corrected chi connectivity index (χ2v) is 9.57. The number of amides is 1. The summed E-state index contributed by atoms with van der Waals surface area (Å²) in [6.45, 7) is 1.09. The Balaban J connectivity index is 1.81. The van der Waals surface area contributed by atoms with E-state index in [4.69, 9.17) is 16.3 Å². The molecule has 0 bridgehead atoms. The van der Waals surface area contributed by atoms with Gasteiger partial charge >= 0.3 is 6.18 Å². The van der Waals surface area contributed by atoms with Crippen molar-refractivity contribution in [3.05, 3.63) is 53.1 Å². The largest absolute Gasteiger partial charge is 0.416 e. The first kappa shape index (κ1) is 24.3. The maximum absolute atomic E-state index is 13.2. The van der Waals surface area contributed by atoms with Crippen LogP contribution in [0, 0.1) is 0 Å². The van der Waals surface area contributed by atoms with E-state index >= 15 is 0 Å². The number of nitrogens with one attached hydrogen (secondary N) is 1. The number of alkyl halides is 3. The number of nitrogens with zero attached hydrogens (tertiary/aromatic N) is 2. The van der Waals surface area contributed by atoms with E-state index in [1.54, 1.807) is 4.90 Å². The van der Waals surface area contributed by atoms with Gasteiger partial charge in [-0.1, -0.05) is 11.6 Å². The molecule has 0 atom stereocenters. The van der Waals surface area contributed by atoms with Gasteiger partial charge < -0.3 is 15.0 Å². The molecule has 1 saturated heterocycles. The van der Waals surface area contributed by atoms with Crippen LogP contribution in [0.2, 0.25) is 5.02 Å². The van der Waals surface area contributed by atoms with Gasteiger partial charge in [0, 0.05) is 25.2 Å². The Kier molecular flexibility index (Phi) is 7.33. The highest BCUT2D eigenvalue weighted by Crippen LogP contribution is 2.35. The number of likely N-dealkylation sites (N-methyl/N-ethyl adjacent to an activating group) is 1. The zero-order chi connectivity index (χ0) is 23.5. The van der Waals surface area contributed by atoms with Gasteiger partial charge in [-0.2, -0.15) is 17.5 Å². The third-order valence-corrected chi connectivity index (χ3v) is 6.91. The summed E-state index contributed by atoms with van der Waals surface area (Å²) >= 11 is 5.78. The van der Waals surface area contributed by atoms with E-state index < -0.39 is 34.2 Å². The Morgan fingerprint density at radius 2 is 1.78 bits per heavy atom. The molecule has 3 rings (SSSR count). The molecule has 1 aliphatic rings. The lowest BCUT2D eigenvalue weighted by molar-refractivity contribution is -0.137. The molecule has 7 nitrogen and oxygen atoms in total. The van der Waals surface area contributed by atoms with Crippen LogP contribution in [-0.4, -0.2) is 58.5 Å². The number of sulfonamides is 1. The molecule has 1 heterocycles.